The van der Waals surface area contributed by atoms with Gasteiger partial charge in [0.1, 0.15) is 0 Å². The summed E-state index contributed by atoms with van der Waals surface area (Å²) in [7, 11) is -2.97. The molecule has 2 heterocycles. The van der Waals surface area contributed by atoms with Crippen LogP contribution in [0.1, 0.15) is 30.9 Å². The molecule has 138 valence electrons. The Morgan fingerprint density at radius 2 is 1.92 bits per heavy atom. The highest BCUT2D eigenvalue weighted by Crippen LogP contribution is 2.35. The van der Waals surface area contributed by atoms with Gasteiger partial charge >= 0.3 is 0 Å². The summed E-state index contributed by atoms with van der Waals surface area (Å²) in [5.41, 5.74) is 1.27. The van der Waals surface area contributed by atoms with E-state index in [1.807, 2.05) is 6.07 Å². The van der Waals surface area contributed by atoms with Crippen molar-refractivity contribution in [3.05, 3.63) is 48.0 Å². The van der Waals surface area contributed by atoms with E-state index in [4.69, 9.17) is 0 Å². The lowest BCUT2D eigenvalue weighted by Gasteiger charge is -2.26. The second-order valence-corrected chi connectivity index (χ2v) is 9.59. The number of carbonyl (C=O) groups is 1. The number of benzene rings is 2. The van der Waals surface area contributed by atoms with Gasteiger partial charge in [0.2, 0.25) is 5.91 Å². The molecule has 5 nitrogen and oxygen atoms in total. The maximum atomic E-state index is 12.5. The molecule has 0 bridgehead atoms. The molecular weight excluding hydrogens is 348 g/mol. The summed E-state index contributed by atoms with van der Waals surface area (Å²) in [6.07, 6.45) is 2.64. The van der Waals surface area contributed by atoms with Crippen LogP contribution in [-0.2, 0) is 14.6 Å². The number of sulfone groups is 1. The van der Waals surface area contributed by atoms with Gasteiger partial charge in [-0.3, -0.25) is 9.69 Å². The zero-order valence-corrected chi connectivity index (χ0v) is 15.5. The number of hydrogen-bond acceptors (Lipinski definition) is 4. The van der Waals surface area contributed by atoms with Gasteiger partial charge in [-0.25, -0.2) is 8.42 Å². The molecule has 0 aromatic heterocycles. The Bertz CT molecular complexity index is 920. The van der Waals surface area contributed by atoms with E-state index in [-0.39, 0.29) is 29.5 Å². The molecule has 2 aromatic rings. The quantitative estimate of drug-likeness (QED) is 0.894. The predicted octanol–water partition coefficient (Wildman–Crippen LogP) is 2.28. The van der Waals surface area contributed by atoms with Crippen molar-refractivity contribution >= 4 is 26.5 Å². The molecule has 6 heteroatoms. The van der Waals surface area contributed by atoms with Gasteiger partial charge in [-0.2, -0.15) is 0 Å². The monoisotopic (exact) mass is 372 g/mol. The number of nitrogens with zero attached hydrogens (tertiary/aromatic N) is 1. The van der Waals surface area contributed by atoms with Crippen molar-refractivity contribution in [1.82, 2.24) is 10.2 Å². The lowest BCUT2D eigenvalue weighted by atomic mass is 9.97. The van der Waals surface area contributed by atoms with Gasteiger partial charge in [0.15, 0.2) is 9.84 Å². The predicted molar refractivity (Wildman–Crippen MR) is 103 cm³/mol. The van der Waals surface area contributed by atoms with Gasteiger partial charge in [-0.1, -0.05) is 42.5 Å². The number of hydrogen-bond donors (Lipinski definition) is 1. The Morgan fingerprint density at radius 1 is 1.12 bits per heavy atom. The Labute approximate surface area is 154 Å². The van der Waals surface area contributed by atoms with E-state index >= 15 is 0 Å². The third kappa shape index (κ3) is 3.62. The average molecular weight is 372 g/mol. The van der Waals surface area contributed by atoms with E-state index < -0.39 is 9.84 Å². The minimum atomic E-state index is -2.97. The molecule has 2 saturated heterocycles. The molecule has 2 atom stereocenters. The summed E-state index contributed by atoms with van der Waals surface area (Å²) in [4.78, 5) is 14.7. The second-order valence-electron chi connectivity index (χ2n) is 7.36. The highest BCUT2D eigenvalue weighted by molar-refractivity contribution is 7.91. The smallest absolute Gasteiger partial charge is 0.234 e. The summed E-state index contributed by atoms with van der Waals surface area (Å²) >= 11 is 0. The zero-order valence-electron chi connectivity index (χ0n) is 14.7. The van der Waals surface area contributed by atoms with Crippen LogP contribution in [0.5, 0.6) is 0 Å². The van der Waals surface area contributed by atoms with Gasteiger partial charge in [-0.15, -0.1) is 0 Å². The van der Waals surface area contributed by atoms with Gasteiger partial charge in [0.25, 0.3) is 0 Å². The summed E-state index contributed by atoms with van der Waals surface area (Å²) in [5, 5.41) is 5.38. The molecule has 0 saturated carbocycles. The number of rotatable bonds is 4. The third-order valence-corrected chi connectivity index (χ3v) is 7.26. The van der Waals surface area contributed by atoms with E-state index in [0.717, 1.165) is 19.4 Å². The summed E-state index contributed by atoms with van der Waals surface area (Å²) in [6.45, 7) is 1.22. The maximum Gasteiger partial charge on any atom is 0.234 e. The summed E-state index contributed by atoms with van der Waals surface area (Å²) in [5.74, 6) is 0.186. The van der Waals surface area contributed by atoms with Gasteiger partial charge in [0, 0.05) is 12.1 Å². The van der Waals surface area contributed by atoms with Crippen molar-refractivity contribution in [2.75, 3.05) is 24.6 Å². The van der Waals surface area contributed by atoms with Crippen LogP contribution in [0, 0.1) is 0 Å². The fraction of sp³-hybridized carbons (Fsp3) is 0.450. The topological polar surface area (TPSA) is 66.5 Å². The molecule has 26 heavy (non-hydrogen) atoms. The first kappa shape index (κ1) is 17.5. The molecule has 2 aliphatic heterocycles. The first-order valence-electron chi connectivity index (χ1n) is 9.23. The molecule has 1 N–H and O–H groups in total. The molecule has 4 rings (SSSR count). The minimum Gasteiger partial charge on any atom is -0.351 e. The highest BCUT2D eigenvalue weighted by atomic mass is 32.2. The highest BCUT2D eigenvalue weighted by Gasteiger charge is 2.32. The van der Waals surface area contributed by atoms with Gasteiger partial charge in [0.05, 0.1) is 18.1 Å². The van der Waals surface area contributed by atoms with Crippen LogP contribution < -0.4 is 5.32 Å². The van der Waals surface area contributed by atoms with Crippen molar-refractivity contribution in [2.24, 2.45) is 0 Å². The Balaban J connectivity index is 1.47. The molecule has 0 unspecified atom stereocenters. The lowest BCUT2D eigenvalue weighted by Crippen LogP contribution is -2.42. The largest absolute Gasteiger partial charge is 0.351 e. The van der Waals surface area contributed by atoms with Crippen LogP contribution in [0.4, 0.5) is 0 Å². The van der Waals surface area contributed by atoms with Crippen molar-refractivity contribution < 1.29 is 13.2 Å². The fourth-order valence-corrected chi connectivity index (χ4v) is 5.95. The SMILES string of the molecule is O=C(CN1CCC[C@H]1c1cccc2ccccc12)N[C@H]1CCS(=O)(=O)C1. The van der Waals surface area contributed by atoms with Gasteiger partial charge < -0.3 is 5.32 Å². The Hall–Kier alpha value is -1.92. The molecule has 2 aliphatic rings. The van der Waals surface area contributed by atoms with Crippen LogP contribution in [0.2, 0.25) is 0 Å². The zero-order chi connectivity index (χ0) is 18.1. The average Bonchev–Trinajstić information content (AvgIpc) is 3.20. The molecule has 0 spiro atoms. The molecule has 2 aromatic carbocycles. The van der Waals surface area contributed by atoms with Crippen molar-refractivity contribution in [2.45, 2.75) is 31.3 Å². The van der Waals surface area contributed by atoms with E-state index in [2.05, 4.69) is 46.6 Å². The molecule has 0 radical (unpaired) electrons. The number of amides is 1. The molecular formula is C20H24N2O3S. The number of carbonyl (C=O) groups excluding carboxylic acids is 1. The van der Waals surface area contributed by atoms with E-state index in [1.165, 1.54) is 16.3 Å². The van der Waals surface area contributed by atoms with Crippen molar-refractivity contribution in [3.63, 3.8) is 0 Å². The van der Waals surface area contributed by atoms with Crippen molar-refractivity contribution in [3.8, 4) is 0 Å². The second kappa shape index (κ2) is 7.00. The minimum absolute atomic E-state index is 0.0702. The van der Waals surface area contributed by atoms with E-state index in [0.29, 0.717) is 13.0 Å². The Morgan fingerprint density at radius 3 is 2.73 bits per heavy atom. The van der Waals surface area contributed by atoms with Gasteiger partial charge in [-0.05, 0) is 42.1 Å². The lowest BCUT2D eigenvalue weighted by molar-refractivity contribution is -0.123. The standard InChI is InChI=1S/C20H24N2O3S/c23-20(21-16-10-12-26(24,25)14-16)13-22-11-4-9-19(22)18-8-3-6-15-5-1-2-7-17(15)18/h1-3,5-8,16,19H,4,9-14H2,(H,21,23)/t16-,19-/m0/s1. The van der Waals surface area contributed by atoms with Crippen LogP contribution in [-0.4, -0.2) is 49.9 Å². The van der Waals surface area contributed by atoms with Crippen LogP contribution in [0.25, 0.3) is 10.8 Å². The van der Waals surface area contributed by atoms with E-state index in [9.17, 15) is 13.2 Å². The number of likely N-dealkylation sites (tertiary alicyclic amines) is 1. The molecule has 2 fully saturated rings. The summed E-state index contributed by atoms with van der Waals surface area (Å²) in [6, 6.07) is 14.7. The Kier molecular flexibility index (Phi) is 4.71. The van der Waals surface area contributed by atoms with Crippen LogP contribution in [0.3, 0.4) is 0 Å². The number of fused-ring (bicyclic) bond motifs is 1. The molecule has 1 amide bonds. The fourth-order valence-electron chi connectivity index (χ4n) is 4.28. The first-order valence-corrected chi connectivity index (χ1v) is 11.1. The van der Waals surface area contributed by atoms with E-state index in [1.54, 1.807) is 0 Å². The first-order chi connectivity index (χ1) is 12.5. The normalized spacial score (nSPS) is 25.5. The van der Waals surface area contributed by atoms with Crippen LogP contribution in [0.15, 0.2) is 42.5 Å². The van der Waals surface area contributed by atoms with Crippen LogP contribution >= 0.6 is 0 Å². The van der Waals surface area contributed by atoms with Crippen molar-refractivity contribution in [1.29, 1.82) is 0 Å². The molecule has 0 aliphatic carbocycles. The number of nitrogens with one attached hydrogen (secondary N) is 1. The maximum absolute atomic E-state index is 12.5. The third-order valence-electron chi connectivity index (χ3n) is 5.49. The summed E-state index contributed by atoms with van der Waals surface area (Å²) < 4.78 is 23.1.